The molecule has 0 aromatic carbocycles. The predicted molar refractivity (Wildman–Crippen MR) is 61.7 cm³/mol. The maximum Gasteiger partial charge on any atom is 0.193 e. The van der Waals surface area contributed by atoms with Crippen LogP contribution in [-0.4, -0.2) is 38.1 Å². The number of hydrogen-bond donors (Lipinski definition) is 0. The van der Waals surface area contributed by atoms with Gasteiger partial charge in [0.15, 0.2) is 11.8 Å². The van der Waals surface area contributed by atoms with E-state index < -0.39 is 0 Å². The first-order chi connectivity index (χ1) is 7.83. The van der Waals surface area contributed by atoms with E-state index in [0.29, 0.717) is 0 Å². The largest absolute Gasteiger partial charge is 0.484 e. The topological polar surface area (TPSA) is 43.2 Å². The predicted octanol–water partition coefficient (Wildman–Crippen LogP) is 1.20. The van der Waals surface area contributed by atoms with Gasteiger partial charge in [-0.3, -0.25) is 0 Å². The van der Waals surface area contributed by atoms with Crippen LogP contribution in [0.3, 0.4) is 0 Å². The molecule has 0 fully saturated rings. The number of ether oxygens (including phenoxy) is 2. The summed E-state index contributed by atoms with van der Waals surface area (Å²) >= 11 is 0. The van der Waals surface area contributed by atoms with E-state index in [4.69, 9.17) is 9.47 Å². The van der Waals surface area contributed by atoms with E-state index in [1.807, 2.05) is 0 Å². The maximum absolute atomic E-state index is 5.34. The minimum Gasteiger partial charge on any atom is -0.484 e. The number of aliphatic imine (C=N–C) groups is 2. The van der Waals surface area contributed by atoms with Gasteiger partial charge in [-0.1, -0.05) is 24.3 Å². The zero-order chi connectivity index (χ0) is 11.1. The van der Waals surface area contributed by atoms with Crippen molar-refractivity contribution in [2.45, 2.75) is 12.1 Å². The Balaban J connectivity index is 2.06. The van der Waals surface area contributed by atoms with Gasteiger partial charge in [0.1, 0.15) is 0 Å². The molecule has 0 amide bonds. The van der Waals surface area contributed by atoms with Crippen molar-refractivity contribution >= 4 is 11.8 Å². The van der Waals surface area contributed by atoms with Gasteiger partial charge in [-0.15, -0.1) is 0 Å². The number of nitrogens with zero attached hydrogens (tertiary/aromatic N) is 2. The van der Waals surface area contributed by atoms with Crippen LogP contribution in [0.25, 0.3) is 0 Å². The van der Waals surface area contributed by atoms with Crippen molar-refractivity contribution in [3.8, 4) is 0 Å². The summed E-state index contributed by atoms with van der Waals surface area (Å²) in [5.74, 6) is 1.80. The highest BCUT2D eigenvalue weighted by Gasteiger charge is 2.38. The molecule has 4 unspecified atom stereocenters. The number of hydrogen-bond acceptors (Lipinski definition) is 4. The molecule has 0 saturated heterocycles. The quantitative estimate of drug-likeness (QED) is 0.573. The van der Waals surface area contributed by atoms with Crippen LogP contribution in [0.15, 0.2) is 34.3 Å². The van der Waals surface area contributed by atoms with Crippen molar-refractivity contribution in [1.29, 1.82) is 0 Å². The fraction of sp³-hybridized carbons (Fsp3) is 0.500. The first-order valence-corrected chi connectivity index (χ1v) is 5.43. The second-order valence-electron chi connectivity index (χ2n) is 4.15. The van der Waals surface area contributed by atoms with Gasteiger partial charge in [0, 0.05) is 0 Å². The molecule has 0 radical (unpaired) electrons. The van der Waals surface area contributed by atoms with E-state index in [-0.39, 0.29) is 23.9 Å². The Hall–Kier alpha value is -1.58. The molecule has 5 aliphatic heterocycles. The third-order valence-electron chi connectivity index (χ3n) is 3.31. The lowest BCUT2D eigenvalue weighted by Crippen LogP contribution is -2.41. The molecule has 6 aliphatic rings. The molecule has 6 rings (SSSR count). The first-order valence-electron chi connectivity index (χ1n) is 5.43. The molecular formula is C12H14N2O2. The van der Waals surface area contributed by atoms with E-state index in [9.17, 15) is 0 Å². The van der Waals surface area contributed by atoms with E-state index >= 15 is 0 Å². The lowest BCUT2D eigenvalue weighted by Gasteiger charge is -2.34. The summed E-state index contributed by atoms with van der Waals surface area (Å²) in [7, 11) is 3.34. The Bertz CT molecular complexity index is 383. The summed E-state index contributed by atoms with van der Waals surface area (Å²) in [6.45, 7) is 0. The van der Waals surface area contributed by atoms with Crippen LogP contribution in [0, 0.1) is 11.8 Å². The Morgan fingerprint density at radius 1 is 0.812 bits per heavy atom. The highest BCUT2D eigenvalue weighted by molar-refractivity contribution is 5.89. The fourth-order valence-corrected chi connectivity index (χ4v) is 2.48. The molecule has 0 saturated carbocycles. The molecule has 0 aromatic heterocycles. The van der Waals surface area contributed by atoms with Gasteiger partial charge in [-0.2, -0.15) is 0 Å². The zero-order valence-electron chi connectivity index (χ0n) is 9.33. The highest BCUT2D eigenvalue weighted by atomic mass is 16.5. The lowest BCUT2D eigenvalue weighted by atomic mass is 9.84. The first kappa shape index (κ1) is 9.63. The lowest BCUT2D eigenvalue weighted by molar-refractivity contribution is 0.332. The second kappa shape index (κ2) is 3.47. The van der Waals surface area contributed by atoms with Crippen LogP contribution < -0.4 is 0 Å². The summed E-state index contributed by atoms with van der Waals surface area (Å²) in [6, 6.07) is 0.116. The average Bonchev–Trinajstić information content (AvgIpc) is 2.33. The Kier molecular flexibility index (Phi) is 2.09. The molecule has 1 aliphatic carbocycles. The molecule has 4 bridgehead atoms. The fourth-order valence-electron chi connectivity index (χ4n) is 2.48. The number of dihydropyridines is 2. The summed E-state index contributed by atoms with van der Waals surface area (Å²) in [5, 5.41) is 0. The van der Waals surface area contributed by atoms with Gasteiger partial charge < -0.3 is 9.47 Å². The van der Waals surface area contributed by atoms with Gasteiger partial charge in [0.05, 0.1) is 38.1 Å². The van der Waals surface area contributed by atoms with Crippen molar-refractivity contribution < 1.29 is 9.47 Å². The van der Waals surface area contributed by atoms with Crippen molar-refractivity contribution in [3.05, 3.63) is 24.3 Å². The normalized spacial score (nSPS) is 38.9. The van der Waals surface area contributed by atoms with Crippen molar-refractivity contribution in [3.63, 3.8) is 0 Å². The average molecular weight is 218 g/mol. The minimum atomic E-state index is 0.0578. The van der Waals surface area contributed by atoms with E-state index in [2.05, 4.69) is 34.3 Å². The van der Waals surface area contributed by atoms with Crippen molar-refractivity contribution in [1.82, 2.24) is 0 Å². The van der Waals surface area contributed by atoms with Gasteiger partial charge in [-0.05, 0) is 0 Å². The summed E-state index contributed by atoms with van der Waals surface area (Å²) in [6.07, 6.45) is 8.55. The SMILES string of the molecule is COC1=NC2C=CC1C1C=CC2C(OC)=N1. The Morgan fingerprint density at radius 3 is 1.62 bits per heavy atom. The Morgan fingerprint density at radius 2 is 1.25 bits per heavy atom. The van der Waals surface area contributed by atoms with E-state index in [0.717, 1.165) is 11.8 Å². The minimum absolute atomic E-state index is 0.0578. The molecule has 0 aromatic rings. The van der Waals surface area contributed by atoms with Gasteiger partial charge in [0.25, 0.3) is 0 Å². The van der Waals surface area contributed by atoms with Crippen molar-refractivity contribution in [2.75, 3.05) is 14.2 Å². The Labute approximate surface area is 94.4 Å². The van der Waals surface area contributed by atoms with Crippen LogP contribution in [0.5, 0.6) is 0 Å². The standard InChI is InChI=1S/C12H14N2O2/c1-15-11-7-3-5-10(13-11)8-4-6-9(7)14-12(8)16-2/h3-10H,1-2H3. The van der Waals surface area contributed by atoms with Gasteiger partial charge >= 0.3 is 0 Å². The van der Waals surface area contributed by atoms with Crippen LogP contribution in [0.2, 0.25) is 0 Å². The number of rotatable bonds is 0. The second-order valence-corrected chi connectivity index (χ2v) is 4.15. The third-order valence-corrected chi connectivity index (χ3v) is 3.31. The molecule has 0 spiro atoms. The summed E-state index contributed by atoms with van der Waals surface area (Å²) in [5.41, 5.74) is 0. The zero-order valence-corrected chi connectivity index (χ0v) is 9.33. The highest BCUT2D eigenvalue weighted by Crippen LogP contribution is 2.32. The summed E-state index contributed by atoms with van der Waals surface area (Å²) < 4.78 is 10.7. The molecule has 4 atom stereocenters. The van der Waals surface area contributed by atoms with Crippen LogP contribution in [0.4, 0.5) is 0 Å². The molecule has 0 N–H and O–H groups in total. The maximum atomic E-state index is 5.34. The smallest absolute Gasteiger partial charge is 0.193 e. The third kappa shape index (κ3) is 1.22. The molecule has 4 nitrogen and oxygen atoms in total. The molecule has 16 heavy (non-hydrogen) atoms. The van der Waals surface area contributed by atoms with Crippen LogP contribution >= 0.6 is 0 Å². The van der Waals surface area contributed by atoms with Crippen LogP contribution in [-0.2, 0) is 9.47 Å². The summed E-state index contributed by atoms with van der Waals surface area (Å²) in [4.78, 5) is 9.20. The van der Waals surface area contributed by atoms with E-state index in [1.54, 1.807) is 14.2 Å². The van der Waals surface area contributed by atoms with Crippen molar-refractivity contribution in [2.24, 2.45) is 21.8 Å². The monoisotopic (exact) mass is 218 g/mol. The van der Waals surface area contributed by atoms with E-state index in [1.165, 1.54) is 0 Å². The molecule has 84 valence electrons. The van der Waals surface area contributed by atoms with Gasteiger partial charge in [-0.25, -0.2) is 9.98 Å². The van der Waals surface area contributed by atoms with Gasteiger partial charge in [0.2, 0.25) is 0 Å². The van der Waals surface area contributed by atoms with Crippen LogP contribution in [0.1, 0.15) is 0 Å². The number of methoxy groups -OCH3 is 2. The molecule has 4 heteroatoms. The molecule has 5 heterocycles. The molecular weight excluding hydrogens is 204 g/mol.